The molecule has 1 amide bonds. The normalized spacial score (nSPS) is 24.5. The lowest BCUT2D eigenvalue weighted by Crippen LogP contribution is -2.42. The van der Waals surface area contributed by atoms with Crippen molar-refractivity contribution in [3.05, 3.63) is 47.0 Å². The number of carbonyl (C=O) groups is 1. The van der Waals surface area contributed by atoms with Gasteiger partial charge in [-0.15, -0.1) is 0 Å². The molecule has 0 saturated carbocycles. The summed E-state index contributed by atoms with van der Waals surface area (Å²) in [6.45, 7) is 1.97. The Morgan fingerprint density at radius 2 is 1.66 bits per heavy atom. The number of nitrogens with one attached hydrogen (secondary N) is 2. The fourth-order valence-corrected chi connectivity index (χ4v) is 4.92. The van der Waals surface area contributed by atoms with Crippen molar-refractivity contribution in [1.82, 2.24) is 15.8 Å². The van der Waals surface area contributed by atoms with E-state index in [1.165, 1.54) is 7.11 Å². The SMILES string of the molecule is COc1cc(C2C3C(NNC3c3cc(C)ccc3O)C(=O)N2CCO)cc(OC)c1OC. The summed E-state index contributed by atoms with van der Waals surface area (Å²) in [6, 6.07) is 7.83. The van der Waals surface area contributed by atoms with Gasteiger partial charge in [-0.25, -0.2) is 10.9 Å². The molecule has 0 bridgehead atoms. The van der Waals surface area contributed by atoms with Crippen LogP contribution in [0.25, 0.3) is 0 Å². The topological polar surface area (TPSA) is 113 Å². The first kappa shape index (κ1) is 22.2. The van der Waals surface area contributed by atoms with Crippen LogP contribution in [0.3, 0.4) is 0 Å². The fraction of sp³-hybridized carbons (Fsp3) is 0.435. The number of methoxy groups -OCH3 is 3. The Hall–Kier alpha value is -3.01. The number of aliphatic hydroxyl groups excluding tert-OH is 1. The van der Waals surface area contributed by atoms with Crippen LogP contribution in [0.2, 0.25) is 0 Å². The average Bonchev–Trinajstić information content (AvgIpc) is 3.34. The smallest absolute Gasteiger partial charge is 0.242 e. The molecule has 2 saturated heterocycles. The van der Waals surface area contributed by atoms with Crippen LogP contribution in [-0.4, -0.2) is 61.5 Å². The molecule has 2 aromatic carbocycles. The zero-order chi connectivity index (χ0) is 23.0. The minimum atomic E-state index is -0.518. The highest BCUT2D eigenvalue weighted by Gasteiger charge is 2.56. The predicted molar refractivity (Wildman–Crippen MR) is 117 cm³/mol. The first-order valence-electron chi connectivity index (χ1n) is 10.5. The Morgan fingerprint density at radius 1 is 1.00 bits per heavy atom. The van der Waals surface area contributed by atoms with Gasteiger partial charge in [-0.1, -0.05) is 17.7 Å². The quantitative estimate of drug-likeness (QED) is 0.509. The summed E-state index contributed by atoms with van der Waals surface area (Å²) in [7, 11) is 4.62. The molecule has 4 N–H and O–H groups in total. The lowest BCUT2D eigenvalue weighted by atomic mass is 9.82. The van der Waals surface area contributed by atoms with E-state index in [2.05, 4.69) is 10.9 Å². The number of aromatic hydroxyl groups is 1. The molecule has 0 radical (unpaired) electrons. The van der Waals surface area contributed by atoms with Gasteiger partial charge >= 0.3 is 0 Å². The van der Waals surface area contributed by atoms with Crippen LogP contribution in [0.4, 0.5) is 0 Å². The summed E-state index contributed by atoms with van der Waals surface area (Å²) < 4.78 is 16.5. The molecule has 9 heteroatoms. The molecule has 9 nitrogen and oxygen atoms in total. The number of phenolic OH excluding ortho intramolecular Hbond substituents is 1. The third-order valence-electron chi connectivity index (χ3n) is 6.30. The van der Waals surface area contributed by atoms with Crippen molar-refractivity contribution in [2.75, 3.05) is 34.5 Å². The minimum Gasteiger partial charge on any atom is -0.508 e. The van der Waals surface area contributed by atoms with Gasteiger partial charge in [0.05, 0.1) is 40.0 Å². The molecular formula is C23H29N3O6. The number of benzene rings is 2. The first-order valence-corrected chi connectivity index (χ1v) is 10.5. The Morgan fingerprint density at radius 3 is 2.25 bits per heavy atom. The van der Waals surface area contributed by atoms with Crippen LogP contribution in [0, 0.1) is 12.8 Å². The summed E-state index contributed by atoms with van der Waals surface area (Å²) in [5.41, 5.74) is 8.82. The van der Waals surface area contributed by atoms with Crippen molar-refractivity contribution >= 4 is 5.91 Å². The number of fused-ring (bicyclic) bond motifs is 1. The second-order valence-electron chi connectivity index (χ2n) is 8.04. The van der Waals surface area contributed by atoms with Crippen molar-refractivity contribution < 1.29 is 29.2 Å². The van der Waals surface area contributed by atoms with E-state index in [1.54, 1.807) is 25.2 Å². The molecule has 0 spiro atoms. The van der Waals surface area contributed by atoms with Crippen LogP contribution in [0.15, 0.2) is 30.3 Å². The highest BCUT2D eigenvalue weighted by atomic mass is 16.5. The summed E-state index contributed by atoms with van der Waals surface area (Å²) in [5, 5.41) is 20.3. The van der Waals surface area contributed by atoms with Crippen LogP contribution in [0.5, 0.6) is 23.0 Å². The first-order chi connectivity index (χ1) is 15.4. The number of ether oxygens (including phenoxy) is 3. The van der Waals surface area contributed by atoms with Crippen LogP contribution in [0.1, 0.15) is 28.8 Å². The van der Waals surface area contributed by atoms with Crippen LogP contribution >= 0.6 is 0 Å². The van der Waals surface area contributed by atoms with E-state index < -0.39 is 12.1 Å². The summed E-state index contributed by atoms with van der Waals surface area (Å²) in [4.78, 5) is 15.0. The third kappa shape index (κ3) is 3.52. The number of hydrogen-bond donors (Lipinski definition) is 4. The summed E-state index contributed by atoms with van der Waals surface area (Å²) >= 11 is 0. The number of nitrogens with zero attached hydrogens (tertiary/aromatic N) is 1. The van der Waals surface area contributed by atoms with Crippen LogP contribution < -0.4 is 25.1 Å². The molecular weight excluding hydrogens is 414 g/mol. The maximum Gasteiger partial charge on any atom is 0.242 e. The Balaban J connectivity index is 1.86. The van der Waals surface area contributed by atoms with E-state index in [9.17, 15) is 15.0 Å². The molecule has 0 aliphatic carbocycles. The van der Waals surface area contributed by atoms with Gasteiger partial charge in [-0.2, -0.15) is 0 Å². The second-order valence-corrected chi connectivity index (χ2v) is 8.04. The van der Waals surface area contributed by atoms with E-state index in [1.807, 2.05) is 31.2 Å². The van der Waals surface area contributed by atoms with Crippen molar-refractivity contribution in [1.29, 1.82) is 0 Å². The molecule has 2 fully saturated rings. The lowest BCUT2D eigenvalue weighted by Gasteiger charge is -2.31. The van der Waals surface area contributed by atoms with E-state index in [4.69, 9.17) is 14.2 Å². The van der Waals surface area contributed by atoms with Crippen molar-refractivity contribution in [2.45, 2.75) is 25.0 Å². The number of rotatable bonds is 7. The average molecular weight is 444 g/mol. The number of hydrogen-bond acceptors (Lipinski definition) is 8. The third-order valence-corrected chi connectivity index (χ3v) is 6.30. The number of amides is 1. The van der Waals surface area contributed by atoms with E-state index in [0.717, 1.165) is 11.1 Å². The van der Waals surface area contributed by atoms with E-state index in [0.29, 0.717) is 22.8 Å². The fourth-order valence-electron chi connectivity index (χ4n) is 4.92. The maximum atomic E-state index is 13.3. The Bertz CT molecular complexity index is 988. The number of aliphatic hydroxyl groups is 1. The Labute approximate surface area is 186 Å². The standard InChI is InChI=1S/C23H29N3O6/c1-12-5-6-15(28)14(9-12)19-18-20(25-24-19)23(29)26(7-8-27)21(18)13-10-16(30-2)22(32-4)17(11-13)31-3/h5-6,9-11,18-21,24-25,27-28H,7-8H2,1-4H3. The second kappa shape index (κ2) is 8.85. The van der Waals surface area contributed by atoms with Gasteiger partial charge in [0, 0.05) is 18.0 Å². The predicted octanol–water partition coefficient (Wildman–Crippen LogP) is 1.44. The number of carbonyl (C=O) groups excluding carboxylic acids is 1. The molecule has 2 aliphatic heterocycles. The minimum absolute atomic E-state index is 0.120. The summed E-state index contributed by atoms with van der Waals surface area (Å²) in [5.74, 6) is 1.21. The zero-order valence-corrected chi connectivity index (χ0v) is 18.6. The molecule has 4 unspecified atom stereocenters. The molecule has 4 atom stereocenters. The molecule has 2 heterocycles. The number of hydrazine groups is 1. The number of aryl methyl sites for hydroxylation is 1. The van der Waals surface area contributed by atoms with Gasteiger partial charge in [0.25, 0.3) is 0 Å². The van der Waals surface area contributed by atoms with E-state index >= 15 is 0 Å². The Kier molecular flexibility index (Phi) is 6.14. The van der Waals surface area contributed by atoms with Gasteiger partial charge in [0.15, 0.2) is 11.5 Å². The molecule has 172 valence electrons. The molecule has 32 heavy (non-hydrogen) atoms. The highest BCUT2D eigenvalue weighted by molar-refractivity contribution is 5.86. The van der Waals surface area contributed by atoms with Gasteiger partial charge in [0.1, 0.15) is 11.8 Å². The van der Waals surface area contributed by atoms with Gasteiger partial charge < -0.3 is 29.3 Å². The van der Waals surface area contributed by atoms with Crippen molar-refractivity contribution in [3.63, 3.8) is 0 Å². The highest BCUT2D eigenvalue weighted by Crippen LogP contribution is 2.51. The number of phenols is 1. The molecule has 2 aromatic rings. The van der Waals surface area contributed by atoms with Gasteiger partial charge in [0.2, 0.25) is 11.7 Å². The number of β-amino-alcohol motifs (C(OH)–C–C–N with tert-alkyl or cyclic N) is 1. The van der Waals surface area contributed by atoms with E-state index in [-0.39, 0.29) is 36.8 Å². The molecule has 2 aliphatic rings. The van der Waals surface area contributed by atoms with Crippen LogP contribution in [-0.2, 0) is 4.79 Å². The largest absolute Gasteiger partial charge is 0.508 e. The van der Waals surface area contributed by atoms with Crippen molar-refractivity contribution in [2.24, 2.45) is 5.92 Å². The maximum absolute atomic E-state index is 13.3. The monoisotopic (exact) mass is 443 g/mol. The van der Waals surface area contributed by atoms with Gasteiger partial charge in [-0.05, 0) is 30.7 Å². The van der Waals surface area contributed by atoms with Crippen molar-refractivity contribution in [3.8, 4) is 23.0 Å². The molecule has 4 rings (SSSR count). The van der Waals surface area contributed by atoms with Gasteiger partial charge in [-0.3, -0.25) is 4.79 Å². The molecule has 0 aromatic heterocycles. The lowest BCUT2D eigenvalue weighted by molar-refractivity contribution is -0.131. The number of likely N-dealkylation sites (tertiary alicyclic amines) is 1. The zero-order valence-electron chi connectivity index (χ0n) is 18.6. The summed E-state index contributed by atoms with van der Waals surface area (Å²) in [6.07, 6.45) is 0.